The first-order valence-electron chi connectivity index (χ1n) is 10.1. The molecule has 7 nitrogen and oxygen atoms in total. The van der Waals surface area contributed by atoms with Crippen molar-refractivity contribution in [2.75, 3.05) is 32.1 Å². The zero-order valence-electron chi connectivity index (χ0n) is 17.6. The highest BCUT2D eigenvalue weighted by Gasteiger charge is 2.26. The van der Waals surface area contributed by atoms with E-state index in [0.717, 1.165) is 24.8 Å². The number of hydrogen-bond acceptors (Lipinski definition) is 5. The standard InChI is InChI=1S/C22H28N2O5S/c1-4-29-21-14-17(9-11-20(21)28-3)22(25)23-19-15-18(10-8-16(19)2)30(26,27)24-12-6-5-7-13-24/h8-11,14-15H,4-7,12-13H2,1-3H3,(H,23,25). The first kappa shape index (κ1) is 22.1. The van der Waals surface area contributed by atoms with Crippen LogP contribution in [-0.2, 0) is 10.0 Å². The maximum Gasteiger partial charge on any atom is 0.255 e. The first-order chi connectivity index (χ1) is 14.4. The molecule has 1 heterocycles. The molecule has 0 unspecified atom stereocenters. The number of nitrogens with zero attached hydrogens (tertiary/aromatic N) is 1. The maximum absolute atomic E-state index is 13.0. The molecule has 0 atom stereocenters. The summed E-state index contributed by atoms with van der Waals surface area (Å²) < 4.78 is 38.3. The predicted molar refractivity (Wildman–Crippen MR) is 116 cm³/mol. The quantitative estimate of drug-likeness (QED) is 0.719. The summed E-state index contributed by atoms with van der Waals surface area (Å²) in [6, 6.07) is 9.76. The number of rotatable bonds is 7. The number of ether oxygens (including phenoxy) is 2. The molecule has 1 aliphatic rings. The van der Waals surface area contributed by atoms with Crippen molar-refractivity contribution in [1.82, 2.24) is 4.31 Å². The molecule has 3 rings (SSSR count). The summed E-state index contributed by atoms with van der Waals surface area (Å²) in [6.45, 7) is 5.18. The Morgan fingerprint density at radius 3 is 2.47 bits per heavy atom. The molecule has 0 radical (unpaired) electrons. The van der Waals surface area contributed by atoms with Gasteiger partial charge in [0.15, 0.2) is 11.5 Å². The summed E-state index contributed by atoms with van der Waals surface area (Å²) in [6.07, 6.45) is 2.79. The lowest BCUT2D eigenvalue weighted by molar-refractivity contribution is 0.102. The van der Waals surface area contributed by atoms with Gasteiger partial charge in [0.05, 0.1) is 18.6 Å². The van der Waals surface area contributed by atoms with Crippen LogP contribution in [0.3, 0.4) is 0 Å². The summed E-state index contributed by atoms with van der Waals surface area (Å²) in [4.78, 5) is 13.0. The second-order valence-electron chi connectivity index (χ2n) is 7.19. The third-order valence-electron chi connectivity index (χ3n) is 5.14. The van der Waals surface area contributed by atoms with E-state index >= 15 is 0 Å². The van der Waals surface area contributed by atoms with Gasteiger partial charge in [-0.3, -0.25) is 4.79 Å². The molecule has 1 saturated heterocycles. The fraction of sp³-hybridized carbons (Fsp3) is 0.409. The largest absolute Gasteiger partial charge is 0.493 e. The number of aryl methyl sites for hydroxylation is 1. The lowest BCUT2D eigenvalue weighted by Gasteiger charge is -2.26. The number of amides is 1. The minimum atomic E-state index is -3.58. The van der Waals surface area contributed by atoms with Gasteiger partial charge in [0.25, 0.3) is 5.91 Å². The van der Waals surface area contributed by atoms with Crippen molar-refractivity contribution in [3.63, 3.8) is 0 Å². The van der Waals surface area contributed by atoms with Crippen molar-refractivity contribution >= 4 is 21.6 Å². The van der Waals surface area contributed by atoms with Crippen LogP contribution >= 0.6 is 0 Å². The Balaban J connectivity index is 1.85. The Morgan fingerprint density at radius 2 is 1.80 bits per heavy atom. The fourth-order valence-electron chi connectivity index (χ4n) is 3.43. The van der Waals surface area contributed by atoms with Crippen molar-refractivity contribution in [1.29, 1.82) is 0 Å². The summed E-state index contributed by atoms with van der Waals surface area (Å²) in [7, 11) is -2.04. The molecule has 2 aromatic carbocycles. The molecule has 0 spiro atoms. The van der Waals surface area contributed by atoms with Gasteiger partial charge in [-0.15, -0.1) is 0 Å². The summed E-state index contributed by atoms with van der Waals surface area (Å²) >= 11 is 0. The number of sulfonamides is 1. The van der Waals surface area contributed by atoms with Crippen molar-refractivity contribution in [2.24, 2.45) is 0 Å². The fourth-order valence-corrected chi connectivity index (χ4v) is 4.98. The molecular formula is C22H28N2O5S. The van der Waals surface area contributed by atoms with Gasteiger partial charge < -0.3 is 14.8 Å². The van der Waals surface area contributed by atoms with Crippen LogP contribution in [0.15, 0.2) is 41.3 Å². The number of carbonyl (C=O) groups excluding carboxylic acids is 1. The predicted octanol–water partition coefficient (Wildman–Crippen LogP) is 3.83. The normalized spacial score (nSPS) is 14.9. The van der Waals surface area contributed by atoms with Crippen LogP contribution in [0.4, 0.5) is 5.69 Å². The van der Waals surface area contributed by atoms with E-state index in [0.29, 0.717) is 42.4 Å². The Morgan fingerprint density at radius 1 is 1.07 bits per heavy atom. The summed E-state index contributed by atoms with van der Waals surface area (Å²) in [5.74, 6) is 0.666. The van der Waals surface area contributed by atoms with Crippen LogP contribution in [0.5, 0.6) is 11.5 Å². The molecule has 162 valence electrons. The van der Waals surface area contributed by atoms with Crippen LogP contribution in [0.1, 0.15) is 42.1 Å². The monoisotopic (exact) mass is 432 g/mol. The van der Waals surface area contributed by atoms with Crippen LogP contribution in [0, 0.1) is 6.92 Å². The Labute approximate surface area is 178 Å². The van der Waals surface area contributed by atoms with Gasteiger partial charge >= 0.3 is 0 Å². The number of anilines is 1. The highest BCUT2D eigenvalue weighted by molar-refractivity contribution is 7.89. The highest BCUT2D eigenvalue weighted by Crippen LogP contribution is 2.29. The summed E-state index contributed by atoms with van der Waals surface area (Å²) in [5, 5.41) is 2.83. The molecule has 0 aromatic heterocycles. The van der Waals surface area contributed by atoms with Gasteiger partial charge in [0.2, 0.25) is 10.0 Å². The highest BCUT2D eigenvalue weighted by atomic mass is 32.2. The van der Waals surface area contributed by atoms with Crippen molar-refractivity contribution in [3.05, 3.63) is 47.5 Å². The van der Waals surface area contributed by atoms with E-state index in [-0.39, 0.29) is 10.8 Å². The van der Waals surface area contributed by atoms with E-state index in [1.165, 1.54) is 17.5 Å². The molecule has 1 amide bonds. The number of hydrogen-bond donors (Lipinski definition) is 1. The number of benzene rings is 2. The van der Waals surface area contributed by atoms with E-state index in [9.17, 15) is 13.2 Å². The van der Waals surface area contributed by atoms with Gasteiger partial charge in [0, 0.05) is 24.3 Å². The van der Waals surface area contributed by atoms with Gasteiger partial charge in [-0.05, 0) is 62.6 Å². The van der Waals surface area contributed by atoms with E-state index < -0.39 is 10.0 Å². The molecule has 2 aromatic rings. The molecule has 1 N–H and O–H groups in total. The number of nitrogens with one attached hydrogen (secondary N) is 1. The van der Waals surface area contributed by atoms with Crippen LogP contribution < -0.4 is 14.8 Å². The smallest absolute Gasteiger partial charge is 0.255 e. The topological polar surface area (TPSA) is 84.9 Å². The molecule has 0 saturated carbocycles. The van der Waals surface area contributed by atoms with Gasteiger partial charge in [0.1, 0.15) is 0 Å². The molecule has 30 heavy (non-hydrogen) atoms. The minimum Gasteiger partial charge on any atom is -0.493 e. The first-order valence-corrected chi connectivity index (χ1v) is 11.5. The van der Waals surface area contributed by atoms with Gasteiger partial charge in [-0.25, -0.2) is 8.42 Å². The lowest BCUT2D eigenvalue weighted by Crippen LogP contribution is -2.35. The second-order valence-corrected chi connectivity index (χ2v) is 9.13. The van der Waals surface area contributed by atoms with Crippen molar-refractivity contribution in [2.45, 2.75) is 38.0 Å². The lowest BCUT2D eigenvalue weighted by atomic mass is 10.1. The second kappa shape index (κ2) is 9.49. The molecule has 1 aliphatic heterocycles. The minimum absolute atomic E-state index is 0.190. The van der Waals surface area contributed by atoms with Gasteiger partial charge in [-0.2, -0.15) is 4.31 Å². The van der Waals surface area contributed by atoms with Crippen molar-refractivity contribution in [3.8, 4) is 11.5 Å². The average molecular weight is 433 g/mol. The van der Waals surface area contributed by atoms with Crippen molar-refractivity contribution < 1.29 is 22.7 Å². The molecule has 8 heteroatoms. The molecule has 0 aliphatic carbocycles. The maximum atomic E-state index is 13.0. The zero-order chi connectivity index (χ0) is 21.7. The number of methoxy groups -OCH3 is 1. The molecule has 1 fully saturated rings. The zero-order valence-corrected chi connectivity index (χ0v) is 18.4. The molecular weight excluding hydrogens is 404 g/mol. The Hall–Kier alpha value is -2.58. The third-order valence-corrected chi connectivity index (χ3v) is 7.03. The van der Waals surface area contributed by atoms with Crippen LogP contribution in [0.2, 0.25) is 0 Å². The average Bonchev–Trinajstić information content (AvgIpc) is 2.76. The van der Waals surface area contributed by atoms with Gasteiger partial charge in [-0.1, -0.05) is 12.5 Å². The van der Waals surface area contributed by atoms with E-state index in [1.807, 2.05) is 13.8 Å². The summed E-state index contributed by atoms with van der Waals surface area (Å²) in [5.41, 5.74) is 1.63. The Bertz CT molecular complexity index is 1010. The number of carbonyl (C=O) groups is 1. The van der Waals surface area contributed by atoms with E-state index in [1.54, 1.807) is 30.3 Å². The van der Waals surface area contributed by atoms with Crippen LogP contribution in [0.25, 0.3) is 0 Å². The van der Waals surface area contributed by atoms with E-state index in [4.69, 9.17) is 9.47 Å². The Kier molecular flexibility index (Phi) is 6.99. The van der Waals surface area contributed by atoms with E-state index in [2.05, 4.69) is 5.32 Å². The van der Waals surface area contributed by atoms with Crippen LogP contribution in [-0.4, -0.2) is 45.4 Å². The SMILES string of the molecule is CCOc1cc(C(=O)Nc2cc(S(=O)(=O)N3CCCCC3)ccc2C)ccc1OC. The number of piperidine rings is 1. The third kappa shape index (κ3) is 4.76. The molecule has 0 bridgehead atoms.